The second-order valence-corrected chi connectivity index (χ2v) is 15.4. The van der Waals surface area contributed by atoms with Crippen LogP contribution in [0.4, 0.5) is 17.1 Å². The molecule has 0 spiro atoms. The summed E-state index contributed by atoms with van der Waals surface area (Å²) in [5.74, 6) is 0. The highest BCUT2D eigenvalue weighted by atomic mass is 15.1. The summed E-state index contributed by atoms with van der Waals surface area (Å²) in [7, 11) is 0. The van der Waals surface area contributed by atoms with Gasteiger partial charge in [-0.2, -0.15) is 0 Å². The number of benzene rings is 10. The molecule has 254 valence electrons. The molecule has 0 heterocycles. The van der Waals surface area contributed by atoms with Crippen molar-refractivity contribution >= 4 is 70.9 Å². The number of hydrogen-bond donors (Lipinski definition) is 0. The van der Waals surface area contributed by atoms with Gasteiger partial charge in [0.15, 0.2) is 0 Å². The van der Waals surface area contributed by atoms with Gasteiger partial charge in [-0.05, 0) is 142 Å². The van der Waals surface area contributed by atoms with Crippen LogP contribution in [0.3, 0.4) is 0 Å². The van der Waals surface area contributed by atoms with Crippen LogP contribution >= 0.6 is 0 Å². The fourth-order valence-corrected chi connectivity index (χ4v) is 9.25. The second kappa shape index (κ2) is 11.7. The van der Waals surface area contributed by atoms with Gasteiger partial charge in [0.2, 0.25) is 0 Å². The standard InChI is InChI=1S/C53H37N/c1-53(2)51-33-42-28-40(47-17-9-15-36-12-7-8-16-46(36)47)19-18-39(42)32-50(51)49-26-22-41-31-45(25-27-48(41)52(49)53)54(43-23-20-34-10-3-5-13-37(34)29-43)44-24-21-35-11-4-6-14-38(35)30-44/h3-33H,1-2H3. The molecule has 10 aromatic rings. The fourth-order valence-electron chi connectivity index (χ4n) is 9.25. The van der Waals surface area contributed by atoms with Crippen molar-refractivity contribution in [1.82, 2.24) is 0 Å². The van der Waals surface area contributed by atoms with Crippen LogP contribution in [-0.4, -0.2) is 0 Å². The van der Waals surface area contributed by atoms with Gasteiger partial charge in [0, 0.05) is 22.5 Å². The molecule has 0 saturated heterocycles. The lowest BCUT2D eigenvalue weighted by atomic mass is 9.79. The molecule has 54 heavy (non-hydrogen) atoms. The molecule has 0 unspecified atom stereocenters. The zero-order valence-electron chi connectivity index (χ0n) is 30.3. The van der Waals surface area contributed by atoms with Gasteiger partial charge >= 0.3 is 0 Å². The highest BCUT2D eigenvalue weighted by Gasteiger charge is 2.37. The first-order valence-corrected chi connectivity index (χ1v) is 18.9. The van der Waals surface area contributed by atoms with Crippen LogP contribution in [0, 0.1) is 0 Å². The van der Waals surface area contributed by atoms with Crippen molar-refractivity contribution in [2.75, 3.05) is 4.90 Å². The van der Waals surface area contributed by atoms with Gasteiger partial charge in [0.25, 0.3) is 0 Å². The molecule has 0 bridgehead atoms. The van der Waals surface area contributed by atoms with Gasteiger partial charge in [0.1, 0.15) is 0 Å². The first-order valence-electron chi connectivity index (χ1n) is 18.9. The van der Waals surface area contributed by atoms with E-state index in [2.05, 4.69) is 207 Å². The van der Waals surface area contributed by atoms with E-state index >= 15 is 0 Å². The fraction of sp³-hybridized carbons (Fsp3) is 0.0566. The zero-order valence-corrected chi connectivity index (χ0v) is 30.3. The summed E-state index contributed by atoms with van der Waals surface area (Å²) in [5.41, 5.74) is 11.3. The molecule has 0 aromatic heterocycles. The van der Waals surface area contributed by atoms with Crippen molar-refractivity contribution in [2.45, 2.75) is 19.3 Å². The summed E-state index contributed by atoms with van der Waals surface area (Å²) in [6.07, 6.45) is 0. The van der Waals surface area contributed by atoms with E-state index in [1.807, 2.05) is 0 Å². The van der Waals surface area contributed by atoms with Crippen LogP contribution in [-0.2, 0) is 5.41 Å². The Morgan fingerprint density at radius 2 is 0.889 bits per heavy atom. The van der Waals surface area contributed by atoms with Crippen LogP contribution in [0.5, 0.6) is 0 Å². The monoisotopic (exact) mass is 687 g/mol. The first kappa shape index (κ1) is 30.9. The highest BCUT2D eigenvalue weighted by molar-refractivity contribution is 6.04. The maximum Gasteiger partial charge on any atom is 0.0468 e. The van der Waals surface area contributed by atoms with Crippen molar-refractivity contribution in [1.29, 1.82) is 0 Å². The third kappa shape index (κ3) is 4.72. The Labute approximate surface area is 315 Å². The Morgan fingerprint density at radius 3 is 1.61 bits per heavy atom. The molecule has 0 amide bonds. The third-order valence-electron chi connectivity index (χ3n) is 11.9. The molecule has 11 rings (SSSR count). The van der Waals surface area contributed by atoms with Gasteiger partial charge in [0.05, 0.1) is 0 Å². The molecule has 1 aliphatic rings. The average molecular weight is 688 g/mol. The van der Waals surface area contributed by atoms with Crippen molar-refractivity contribution in [3.05, 3.63) is 199 Å². The minimum absolute atomic E-state index is 0.161. The molecule has 0 radical (unpaired) electrons. The molecule has 0 fully saturated rings. The molecule has 10 aromatic carbocycles. The number of rotatable bonds is 4. The summed E-state index contributed by atoms with van der Waals surface area (Å²) in [6, 6.07) is 69.7. The van der Waals surface area contributed by atoms with Gasteiger partial charge in [-0.25, -0.2) is 0 Å². The Bertz CT molecular complexity index is 3060. The molecule has 0 aliphatic heterocycles. The minimum Gasteiger partial charge on any atom is -0.310 e. The predicted octanol–water partition coefficient (Wildman–Crippen LogP) is 14.9. The lowest BCUT2D eigenvalue weighted by Gasteiger charge is -2.27. The summed E-state index contributed by atoms with van der Waals surface area (Å²) in [5, 5.41) is 12.6. The van der Waals surface area contributed by atoms with E-state index < -0.39 is 0 Å². The molecular formula is C53H37N. The lowest BCUT2D eigenvalue weighted by Crippen LogP contribution is -2.15. The SMILES string of the molecule is CC1(C)c2cc3cc(-c4cccc5ccccc45)ccc3cc2-c2ccc3cc(N(c4ccc5ccccc5c4)c4ccc5ccccc5c4)ccc3c21. The van der Waals surface area contributed by atoms with E-state index in [1.54, 1.807) is 0 Å². The summed E-state index contributed by atoms with van der Waals surface area (Å²) >= 11 is 0. The van der Waals surface area contributed by atoms with Gasteiger partial charge < -0.3 is 4.90 Å². The van der Waals surface area contributed by atoms with E-state index in [1.165, 1.54) is 87.2 Å². The van der Waals surface area contributed by atoms with Crippen LogP contribution in [0.1, 0.15) is 25.0 Å². The van der Waals surface area contributed by atoms with Crippen molar-refractivity contribution in [3.63, 3.8) is 0 Å². The number of nitrogens with zero attached hydrogens (tertiary/aromatic N) is 1. The molecule has 1 heteroatoms. The Kier molecular flexibility index (Phi) is 6.66. The highest BCUT2D eigenvalue weighted by Crippen LogP contribution is 2.53. The molecule has 0 atom stereocenters. The topological polar surface area (TPSA) is 3.24 Å². The van der Waals surface area contributed by atoms with Crippen molar-refractivity contribution in [3.8, 4) is 22.3 Å². The summed E-state index contributed by atoms with van der Waals surface area (Å²) < 4.78 is 0. The van der Waals surface area contributed by atoms with Gasteiger partial charge in [-0.15, -0.1) is 0 Å². The number of fused-ring (bicyclic) bond motifs is 9. The van der Waals surface area contributed by atoms with E-state index in [0.717, 1.165) is 17.1 Å². The maximum absolute atomic E-state index is 2.46. The smallest absolute Gasteiger partial charge is 0.0468 e. The minimum atomic E-state index is -0.161. The number of anilines is 3. The zero-order chi connectivity index (χ0) is 36.0. The Hall–Kier alpha value is -6.70. The molecular weight excluding hydrogens is 651 g/mol. The summed E-state index contributed by atoms with van der Waals surface area (Å²) in [6.45, 7) is 4.81. The van der Waals surface area contributed by atoms with Gasteiger partial charge in [-0.3, -0.25) is 0 Å². The van der Waals surface area contributed by atoms with Crippen molar-refractivity contribution in [2.24, 2.45) is 0 Å². The van der Waals surface area contributed by atoms with E-state index in [9.17, 15) is 0 Å². The Morgan fingerprint density at radius 1 is 0.333 bits per heavy atom. The quantitative estimate of drug-likeness (QED) is 0.178. The van der Waals surface area contributed by atoms with Crippen LogP contribution in [0.25, 0.3) is 76.1 Å². The first-order chi connectivity index (χ1) is 26.5. The molecule has 0 saturated carbocycles. The second-order valence-electron chi connectivity index (χ2n) is 15.4. The van der Waals surface area contributed by atoms with Crippen molar-refractivity contribution < 1.29 is 0 Å². The number of hydrogen-bond acceptors (Lipinski definition) is 1. The Balaban J connectivity index is 1.04. The molecule has 0 N–H and O–H groups in total. The van der Waals surface area contributed by atoms with Crippen LogP contribution in [0.15, 0.2) is 188 Å². The van der Waals surface area contributed by atoms with Crippen LogP contribution in [0.2, 0.25) is 0 Å². The van der Waals surface area contributed by atoms with E-state index in [4.69, 9.17) is 0 Å². The summed E-state index contributed by atoms with van der Waals surface area (Å²) in [4.78, 5) is 2.41. The molecule has 1 nitrogen and oxygen atoms in total. The molecule has 1 aliphatic carbocycles. The third-order valence-corrected chi connectivity index (χ3v) is 11.9. The largest absolute Gasteiger partial charge is 0.310 e. The lowest BCUT2D eigenvalue weighted by molar-refractivity contribution is 0.667. The maximum atomic E-state index is 2.46. The average Bonchev–Trinajstić information content (AvgIpc) is 3.44. The van der Waals surface area contributed by atoms with E-state index in [0.29, 0.717) is 0 Å². The normalized spacial score (nSPS) is 13.1. The van der Waals surface area contributed by atoms with E-state index in [-0.39, 0.29) is 5.41 Å². The predicted molar refractivity (Wildman–Crippen MR) is 232 cm³/mol. The van der Waals surface area contributed by atoms with Crippen LogP contribution < -0.4 is 4.90 Å². The van der Waals surface area contributed by atoms with Gasteiger partial charge in [-0.1, -0.05) is 147 Å².